The van der Waals surface area contributed by atoms with Gasteiger partial charge in [-0.05, 0) is 49.2 Å². The summed E-state index contributed by atoms with van der Waals surface area (Å²) >= 11 is 5.96. The van der Waals surface area contributed by atoms with E-state index in [-0.39, 0.29) is 0 Å². The van der Waals surface area contributed by atoms with Crippen LogP contribution >= 0.6 is 11.6 Å². The highest BCUT2D eigenvalue weighted by atomic mass is 35.5. The molecule has 0 amide bonds. The molecule has 0 radical (unpaired) electrons. The van der Waals surface area contributed by atoms with E-state index in [0.717, 1.165) is 11.1 Å². The van der Waals surface area contributed by atoms with E-state index in [1.165, 1.54) is 0 Å². The van der Waals surface area contributed by atoms with Crippen LogP contribution in [0.3, 0.4) is 0 Å². The molecule has 4 rings (SSSR count). The molecule has 0 saturated carbocycles. The normalized spacial score (nSPS) is 17.2. The Morgan fingerprint density at radius 3 is 2.09 bits per heavy atom. The highest BCUT2D eigenvalue weighted by Crippen LogP contribution is 2.45. The van der Waals surface area contributed by atoms with Crippen molar-refractivity contribution < 1.29 is 19.0 Å². The van der Waals surface area contributed by atoms with Gasteiger partial charge in [0.2, 0.25) is 0 Å². The Hall–Kier alpha value is -3.08. The lowest BCUT2D eigenvalue weighted by atomic mass is 9.73. The molecule has 1 unspecified atom stereocenters. The highest BCUT2D eigenvalue weighted by molar-refractivity contribution is 6.30. The van der Waals surface area contributed by atoms with Crippen LogP contribution in [0.25, 0.3) is 0 Å². The smallest absolute Gasteiger partial charge is 0.345 e. The first kappa shape index (κ1) is 23.1. The van der Waals surface area contributed by atoms with E-state index in [9.17, 15) is 4.79 Å². The van der Waals surface area contributed by atoms with Crippen molar-refractivity contribution in [3.05, 3.63) is 112 Å². The minimum atomic E-state index is -0.481. The largest absolute Gasteiger partial charge is 0.496 e. The quantitative estimate of drug-likeness (QED) is 0.234. The number of ether oxygens (including phenoxy) is 3. The average Bonchev–Trinajstić information content (AvgIpc) is 3.28. The molecule has 33 heavy (non-hydrogen) atoms. The second kappa shape index (κ2) is 10.2. The van der Waals surface area contributed by atoms with Crippen molar-refractivity contribution in [1.29, 1.82) is 0 Å². The van der Waals surface area contributed by atoms with Gasteiger partial charge in [0, 0.05) is 18.1 Å². The van der Waals surface area contributed by atoms with Crippen LogP contribution in [0.15, 0.2) is 96.3 Å². The molecule has 1 saturated heterocycles. The van der Waals surface area contributed by atoms with Crippen molar-refractivity contribution in [2.45, 2.75) is 31.8 Å². The average molecular weight is 463 g/mol. The fraction of sp³-hybridized carbons (Fsp3) is 0.250. The van der Waals surface area contributed by atoms with Gasteiger partial charge in [-0.2, -0.15) is 0 Å². The summed E-state index contributed by atoms with van der Waals surface area (Å²) in [5.74, 6) is 0.536. The Morgan fingerprint density at radius 2 is 1.55 bits per heavy atom. The number of hydrogen-bond donors (Lipinski definition) is 0. The molecule has 1 aliphatic heterocycles. The molecule has 0 bridgehead atoms. The molecule has 0 N–H and O–H groups in total. The molecular formula is C28H27ClO4. The topological polar surface area (TPSA) is 44.8 Å². The van der Waals surface area contributed by atoms with E-state index in [1.54, 1.807) is 24.3 Å². The van der Waals surface area contributed by atoms with Gasteiger partial charge in [-0.1, -0.05) is 72.3 Å². The van der Waals surface area contributed by atoms with E-state index in [2.05, 4.69) is 24.3 Å². The molecule has 1 fully saturated rings. The van der Waals surface area contributed by atoms with E-state index in [0.29, 0.717) is 41.7 Å². The fourth-order valence-electron chi connectivity index (χ4n) is 4.32. The van der Waals surface area contributed by atoms with E-state index < -0.39 is 17.5 Å². The van der Waals surface area contributed by atoms with Gasteiger partial charge in [0.1, 0.15) is 23.7 Å². The monoisotopic (exact) mass is 462 g/mol. The van der Waals surface area contributed by atoms with Crippen LogP contribution in [0.1, 0.15) is 31.4 Å². The number of carbonyl (C=O) groups is 1. The van der Waals surface area contributed by atoms with Gasteiger partial charge >= 0.3 is 5.97 Å². The second-order valence-electron chi connectivity index (χ2n) is 8.06. The molecule has 0 aromatic heterocycles. The summed E-state index contributed by atoms with van der Waals surface area (Å²) in [6.45, 7) is 4.64. The molecule has 1 atom stereocenters. The van der Waals surface area contributed by atoms with Gasteiger partial charge in [-0.15, -0.1) is 0 Å². The fourth-order valence-corrected chi connectivity index (χ4v) is 4.44. The standard InChI is InChI=1S/C28H27ClO4/c1-3-31-20(2)26(27(30)33-24-16-14-23(29)15-17-24)25-18-28(19-32-25,21-10-6-4-7-11-21)22-12-8-5-9-13-22/h4-17,20H,3,18-19H2,1-2H3/b26-25-. The Labute approximate surface area is 199 Å². The summed E-state index contributed by atoms with van der Waals surface area (Å²) in [6, 6.07) is 27.3. The van der Waals surface area contributed by atoms with Crippen LogP contribution in [0.5, 0.6) is 5.75 Å². The molecule has 3 aromatic rings. The molecular weight excluding hydrogens is 436 g/mol. The van der Waals surface area contributed by atoms with Crippen molar-refractivity contribution in [2.24, 2.45) is 0 Å². The minimum Gasteiger partial charge on any atom is -0.496 e. The van der Waals surface area contributed by atoms with E-state index in [1.807, 2.05) is 50.2 Å². The molecule has 0 spiro atoms. The summed E-state index contributed by atoms with van der Waals surface area (Å²) in [7, 11) is 0. The lowest BCUT2D eigenvalue weighted by Gasteiger charge is -2.28. The van der Waals surface area contributed by atoms with Crippen LogP contribution in [0, 0.1) is 0 Å². The zero-order valence-corrected chi connectivity index (χ0v) is 19.5. The number of carbonyl (C=O) groups excluding carboxylic acids is 1. The highest BCUT2D eigenvalue weighted by Gasteiger charge is 2.44. The second-order valence-corrected chi connectivity index (χ2v) is 8.49. The number of halogens is 1. The number of benzene rings is 3. The number of allylic oxidation sites excluding steroid dienone is 1. The van der Waals surface area contributed by atoms with Gasteiger partial charge in [0.05, 0.1) is 11.5 Å². The summed E-state index contributed by atoms with van der Waals surface area (Å²) in [4.78, 5) is 13.3. The third kappa shape index (κ3) is 4.97. The predicted molar refractivity (Wildman–Crippen MR) is 129 cm³/mol. The summed E-state index contributed by atoms with van der Waals surface area (Å²) in [6.07, 6.45) is 0.0517. The zero-order chi connectivity index (χ0) is 23.3. The number of esters is 1. The van der Waals surface area contributed by atoms with Gasteiger partial charge in [0.15, 0.2) is 0 Å². The summed E-state index contributed by atoms with van der Waals surface area (Å²) in [5, 5.41) is 0.575. The Morgan fingerprint density at radius 1 is 0.970 bits per heavy atom. The van der Waals surface area contributed by atoms with Gasteiger partial charge < -0.3 is 14.2 Å². The molecule has 170 valence electrons. The van der Waals surface area contributed by atoms with Gasteiger partial charge in [0.25, 0.3) is 0 Å². The van der Waals surface area contributed by atoms with Crippen LogP contribution < -0.4 is 4.74 Å². The lowest BCUT2D eigenvalue weighted by molar-refractivity contribution is -0.131. The molecule has 5 heteroatoms. The molecule has 1 aliphatic rings. The van der Waals surface area contributed by atoms with Gasteiger partial charge in [-0.3, -0.25) is 0 Å². The van der Waals surface area contributed by atoms with Crippen LogP contribution in [0.2, 0.25) is 5.02 Å². The Kier molecular flexibility index (Phi) is 7.17. The van der Waals surface area contributed by atoms with Crippen molar-refractivity contribution in [3.63, 3.8) is 0 Å². The maximum absolute atomic E-state index is 13.3. The first-order valence-corrected chi connectivity index (χ1v) is 11.5. The van der Waals surface area contributed by atoms with Crippen LogP contribution in [-0.4, -0.2) is 25.3 Å². The number of hydrogen-bond acceptors (Lipinski definition) is 4. The third-order valence-corrected chi connectivity index (χ3v) is 6.23. The maximum Gasteiger partial charge on any atom is 0.345 e. The van der Waals surface area contributed by atoms with Gasteiger partial charge in [-0.25, -0.2) is 4.79 Å². The van der Waals surface area contributed by atoms with Crippen molar-refractivity contribution in [1.82, 2.24) is 0 Å². The van der Waals surface area contributed by atoms with Crippen LogP contribution in [-0.2, 0) is 19.7 Å². The minimum absolute atomic E-state index is 0.403. The first-order valence-electron chi connectivity index (χ1n) is 11.1. The maximum atomic E-state index is 13.3. The van der Waals surface area contributed by atoms with E-state index in [4.69, 9.17) is 25.8 Å². The van der Waals surface area contributed by atoms with Crippen LogP contribution in [0.4, 0.5) is 0 Å². The SMILES string of the molecule is CCOC(C)/C(C(=O)Oc1ccc(Cl)cc1)=C1\CC(c2ccccc2)(c2ccccc2)CO1. The molecule has 0 aliphatic carbocycles. The zero-order valence-electron chi connectivity index (χ0n) is 18.8. The number of rotatable bonds is 7. The third-order valence-electron chi connectivity index (χ3n) is 5.98. The van der Waals surface area contributed by atoms with Crippen molar-refractivity contribution >= 4 is 17.6 Å². The molecule has 1 heterocycles. The molecule has 3 aromatic carbocycles. The van der Waals surface area contributed by atoms with Crippen molar-refractivity contribution in [2.75, 3.05) is 13.2 Å². The predicted octanol–water partition coefficient (Wildman–Crippen LogP) is 6.33. The van der Waals surface area contributed by atoms with Crippen molar-refractivity contribution in [3.8, 4) is 5.75 Å². The Bertz CT molecular complexity index is 1070. The summed E-state index contributed by atoms with van der Waals surface area (Å²) < 4.78 is 17.8. The Balaban J connectivity index is 1.74. The summed E-state index contributed by atoms with van der Waals surface area (Å²) in [5.41, 5.74) is 2.28. The first-order chi connectivity index (χ1) is 16.0. The molecule has 4 nitrogen and oxygen atoms in total. The lowest BCUT2D eigenvalue weighted by Crippen LogP contribution is -2.28. The van der Waals surface area contributed by atoms with E-state index >= 15 is 0 Å².